The molecule has 1 saturated heterocycles. The van der Waals surface area contributed by atoms with Crippen molar-refractivity contribution in [3.05, 3.63) is 23.8 Å². The van der Waals surface area contributed by atoms with Gasteiger partial charge in [0, 0.05) is 52.0 Å². The van der Waals surface area contributed by atoms with E-state index < -0.39 is 10.0 Å². The van der Waals surface area contributed by atoms with Crippen LogP contribution in [0.25, 0.3) is 0 Å². The number of hydrogen-bond acceptors (Lipinski definition) is 5. The van der Waals surface area contributed by atoms with Crippen LogP contribution in [-0.2, 0) is 14.8 Å². The second-order valence-corrected chi connectivity index (χ2v) is 9.63. The van der Waals surface area contributed by atoms with Crippen molar-refractivity contribution in [2.45, 2.75) is 45.4 Å². The summed E-state index contributed by atoms with van der Waals surface area (Å²) < 4.78 is 27.5. The minimum Gasteiger partial charge on any atom is -0.371 e. The third-order valence-corrected chi connectivity index (χ3v) is 7.87. The zero-order chi connectivity index (χ0) is 23.2. The van der Waals surface area contributed by atoms with Gasteiger partial charge in [0.05, 0.1) is 17.0 Å². The van der Waals surface area contributed by atoms with Crippen LogP contribution in [0.5, 0.6) is 0 Å². The average molecular weight is 453 g/mol. The first kappa shape index (κ1) is 25.1. The highest BCUT2D eigenvalue weighted by Gasteiger charge is 2.28. The largest absolute Gasteiger partial charge is 0.371 e. The van der Waals surface area contributed by atoms with Crippen LogP contribution in [0.15, 0.2) is 23.1 Å². The van der Waals surface area contributed by atoms with E-state index in [0.717, 1.165) is 31.6 Å². The van der Waals surface area contributed by atoms with E-state index >= 15 is 0 Å². The Balaban J connectivity index is 2.44. The fraction of sp³-hybridized carbons (Fsp3) is 0.636. The van der Waals surface area contributed by atoms with Gasteiger partial charge in [0.2, 0.25) is 15.9 Å². The van der Waals surface area contributed by atoms with Crippen LogP contribution in [0, 0.1) is 0 Å². The lowest BCUT2D eigenvalue weighted by Crippen LogP contribution is -2.41. The molecule has 0 aliphatic carbocycles. The highest BCUT2D eigenvalue weighted by atomic mass is 32.2. The van der Waals surface area contributed by atoms with Crippen molar-refractivity contribution in [1.29, 1.82) is 0 Å². The molecule has 1 aromatic carbocycles. The molecule has 1 fully saturated rings. The maximum atomic E-state index is 13.4. The quantitative estimate of drug-likeness (QED) is 0.544. The molecule has 0 atom stereocenters. The predicted octanol–water partition coefficient (Wildman–Crippen LogP) is 2.26. The van der Waals surface area contributed by atoms with Gasteiger partial charge >= 0.3 is 0 Å². The summed E-state index contributed by atoms with van der Waals surface area (Å²) in [6.07, 6.45) is 2.06. The van der Waals surface area contributed by atoms with E-state index in [0.29, 0.717) is 31.7 Å². The van der Waals surface area contributed by atoms with Gasteiger partial charge < -0.3 is 14.7 Å². The summed E-state index contributed by atoms with van der Waals surface area (Å²) in [5.41, 5.74) is 1.05. The van der Waals surface area contributed by atoms with Crippen molar-refractivity contribution in [2.75, 3.05) is 57.8 Å². The van der Waals surface area contributed by atoms with Crippen LogP contribution in [-0.4, -0.2) is 87.2 Å². The average Bonchev–Trinajstić information content (AvgIpc) is 3.29. The Morgan fingerprint density at radius 3 is 2.06 bits per heavy atom. The SMILES string of the molecule is CCN(CC)C(=O)CN(C)C(=O)c1cc(S(=O)(=O)N(CC)CC)ccc1N1CCCC1. The molecule has 0 saturated carbocycles. The zero-order valence-corrected chi connectivity index (χ0v) is 20.2. The van der Waals surface area contributed by atoms with Gasteiger partial charge in [-0.3, -0.25) is 9.59 Å². The van der Waals surface area contributed by atoms with Crippen molar-refractivity contribution in [3.63, 3.8) is 0 Å². The molecule has 1 aliphatic heterocycles. The smallest absolute Gasteiger partial charge is 0.256 e. The molecule has 0 aromatic heterocycles. The number of benzene rings is 1. The van der Waals surface area contributed by atoms with Crippen LogP contribution in [0.4, 0.5) is 5.69 Å². The lowest BCUT2D eigenvalue weighted by atomic mass is 10.1. The molecule has 0 radical (unpaired) electrons. The minimum absolute atomic E-state index is 0.0486. The molecule has 9 heteroatoms. The second-order valence-electron chi connectivity index (χ2n) is 7.69. The molecule has 1 aliphatic rings. The Labute approximate surface area is 186 Å². The van der Waals surface area contributed by atoms with Gasteiger partial charge in [0.25, 0.3) is 5.91 Å². The maximum absolute atomic E-state index is 13.4. The van der Waals surface area contributed by atoms with Gasteiger partial charge in [0.15, 0.2) is 0 Å². The molecule has 8 nitrogen and oxygen atoms in total. The lowest BCUT2D eigenvalue weighted by molar-refractivity contribution is -0.131. The summed E-state index contributed by atoms with van der Waals surface area (Å²) in [7, 11) is -2.11. The summed E-state index contributed by atoms with van der Waals surface area (Å²) in [6, 6.07) is 4.79. The number of sulfonamides is 1. The molecule has 174 valence electrons. The number of rotatable bonds is 10. The summed E-state index contributed by atoms with van der Waals surface area (Å²) in [6.45, 7) is 10.8. The van der Waals surface area contributed by atoms with E-state index in [4.69, 9.17) is 0 Å². The van der Waals surface area contributed by atoms with Crippen LogP contribution < -0.4 is 4.90 Å². The first-order chi connectivity index (χ1) is 14.7. The zero-order valence-electron chi connectivity index (χ0n) is 19.4. The van der Waals surface area contributed by atoms with Crippen LogP contribution in [0.1, 0.15) is 50.9 Å². The van der Waals surface area contributed by atoms with Crippen molar-refractivity contribution < 1.29 is 18.0 Å². The highest BCUT2D eigenvalue weighted by molar-refractivity contribution is 7.89. The first-order valence-electron chi connectivity index (χ1n) is 11.1. The Hall–Kier alpha value is -2.13. The van der Waals surface area contributed by atoms with Crippen molar-refractivity contribution in [1.82, 2.24) is 14.1 Å². The van der Waals surface area contributed by atoms with Gasteiger partial charge in [-0.15, -0.1) is 0 Å². The number of amides is 2. The van der Waals surface area contributed by atoms with E-state index in [2.05, 4.69) is 4.90 Å². The molecular weight excluding hydrogens is 416 g/mol. The van der Waals surface area contributed by atoms with Gasteiger partial charge in [-0.05, 0) is 44.9 Å². The van der Waals surface area contributed by atoms with E-state index in [9.17, 15) is 18.0 Å². The first-order valence-corrected chi connectivity index (χ1v) is 12.6. The summed E-state index contributed by atoms with van der Waals surface area (Å²) >= 11 is 0. The summed E-state index contributed by atoms with van der Waals surface area (Å²) in [4.78, 5) is 31.1. The van der Waals surface area contributed by atoms with Crippen molar-refractivity contribution in [3.8, 4) is 0 Å². The van der Waals surface area contributed by atoms with Crippen LogP contribution in [0.2, 0.25) is 0 Å². The standard InChI is InChI=1S/C22H36N4O4S/c1-6-24(7-2)21(27)17-23(5)22(28)19-16-18(31(29,30)26(8-3)9-4)12-13-20(19)25-14-10-11-15-25/h12-13,16H,6-11,14-15,17H2,1-5H3. The Morgan fingerprint density at radius 1 is 0.968 bits per heavy atom. The molecule has 1 heterocycles. The number of hydrogen-bond donors (Lipinski definition) is 0. The topological polar surface area (TPSA) is 81.2 Å². The molecule has 0 unspecified atom stereocenters. The molecule has 0 N–H and O–H groups in total. The lowest BCUT2D eigenvalue weighted by Gasteiger charge is -2.27. The third kappa shape index (κ3) is 5.57. The van der Waals surface area contributed by atoms with Gasteiger partial charge in [0.1, 0.15) is 0 Å². The number of likely N-dealkylation sites (N-methyl/N-ethyl adjacent to an activating group) is 2. The monoisotopic (exact) mass is 452 g/mol. The predicted molar refractivity (Wildman–Crippen MR) is 123 cm³/mol. The number of carbonyl (C=O) groups is 2. The third-order valence-electron chi connectivity index (χ3n) is 5.82. The molecule has 0 spiro atoms. The van der Waals surface area contributed by atoms with Gasteiger partial charge in [-0.25, -0.2) is 8.42 Å². The Morgan fingerprint density at radius 2 is 1.55 bits per heavy atom. The Bertz CT molecular complexity index is 873. The molecule has 2 amide bonds. The van der Waals surface area contributed by atoms with Crippen molar-refractivity contribution in [2.24, 2.45) is 0 Å². The van der Waals surface area contributed by atoms with Crippen LogP contribution >= 0.6 is 0 Å². The normalized spacial score (nSPS) is 14.2. The van der Waals surface area contributed by atoms with E-state index in [1.165, 1.54) is 15.3 Å². The maximum Gasteiger partial charge on any atom is 0.256 e. The molecular formula is C22H36N4O4S. The number of anilines is 1. The van der Waals surface area contributed by atoms with Gasteiger partial charge in [-0.1, -0.05) is 13.8 Å². The molecule has 1 aromatic rings. The number of nitrogens with zero attached hydrogens (tertiary/aromatic N) is 4. The van der Waals surface area contributed by atoms with E-state index in [1.54, 1.807) is 37.9 Å². The fourth-order valence-electron chi connectivity index (χ4n) is 3.95. The number of carbonyl (C=O) groups excluding carboxylic acids is 2. The van der Waals surface area contributed by atoms with E-state index in [-0.39, 0.29) is 23.3 Å². The molecule has 31 heavy (non-hydrogen) atoms. The van der Waals surface area contributed by atoms with E-state index in [1.807, 2.05) is 13.8 Å². The molecule has 2 rings (SSSR count). The molecule has 0 bridgehead atoms. The van der Waals surface area contributed by atoms with Crippen LogP contribution in [0.3, 0.4) is 0 Å². The summed E-state index contributed by atoms with van der Waals surface area (Å²) in [5, 5.41) is 0. The fourth-order valence-corrected chi connectivity index (χ4v) is 5.43. The second kappa shape index (κ2) is 10.9. The Kier molecular flexibility index (Phi) is 8.88. The minimum atomic E-state index is -3.70. The van der Waals surface area contributed by atoms with Crippen molar-refractivity contribution >= 4 is 27.5 Å². The highest BCUT2D eigenvalue weighted by Crippen LogP contribution is 2.29. The summed E-state index contributed by atoms with van der Waals surface area (Å²) in [5.74, 6) is -0.477. The van der Waals surface area contributed by atoms with Gasteiger partial charge in [-0.2, -0.15) is 4.31 Å².